The Bertz CT molecular complexity index is 704. The van der Waals surface area contributed by atoms with Gasteiger partial charge >= 0.3 is 5.97 Å². The Morgan fingerprint density at radius 3 is 2.67 bits per heavy atom. The molecule has 2 unspecified atom stereocenters. The Kier molecular flexibility index (Phi) is 2.82. The van der Waals surface area contributed by atoms with Crippen LogP contribution in [0.2, 0.25) is 0 Å². The zero-order valence-corrected chi connectivity index (χ0v) is 11.5. The normalized spacial score (nSPS) is 24.5. The predicted molar refractivity (Wildman–Crippen MR) is 78.8 cm³/mol. The van der Waals surface area contributed by atoms with Crippen LogP contribution in [0, 0.1) is 0 Å². The fourth-order valence-corrected chi connectivity index (χ4v) is 3.32. The number of hydrogen-bond acceptors (Lipinski definition) is 4. The topological polar surface area (TPSA) is 62.7 Å². The number of fused-ring (bicyclic) bond motifs is 3. The summed E-state index contributed by atoms with van der Waals surface area (Å²) in [6.45, 7) is 1.58. The van der Waals surface area contributed by atoms with Gasteiger partial charge in [-0.2, -0.15) is 0 Å². The van der Waals surface area contributed by atoms with E-state index in [0.29, 0.717) is 0 Å². The largest absolute Gasteiger partial charge is 0.477 e. The highest BCUT2D eigenvalue weighted by Crippen LogP contribution is 2.32. The van der Waals surface area contributed by atoms with Gasteiger partial charge < -0.3 is 14.7 Å². The van der Waals surface area contributed by atoms with Crippen LogP contribution in [0.5, 0.6) is 0 Å². The first-order valence-electron chi connectivity index (χ1n) is 7.24. The van der Waals surface area contributed by atoms with E-state index in [1.165, 1.54) is 0 Å². The third kappa shape index (κ3) is 2.14. The predicted octanol–water partition coefficient (Wildman–Crippen LogP) is 2.30. The Labute approximate surface area is 122 Å². The van der Waals surface area contributed by atoms with E-state index < -0.39 is 5.97 Å². The number of hydrogen-bond donors (Lipinski definition) is 1. The molecule has 0 spiro atoms. The van der Waals surface area contributed by atoms with Gasteiger partial charge in [-0.3, -0.25) is 0 Å². The Balaban J connectivity index is 1.84. The molecule has 1 aromatic carbocycles. The second-order valence-corrected chi connectivity index (χ2v) is 5.72. The minimum Gasteiger partial charge on any atom is -0.477 e. The Morgan fingerprint density at radius 1 is 1.24 bits per heavy atom. The van der Waals surface area contributed by atoms with Gasteiger partial charge in [-0.1, -0.05) is 24.3 Å². The number of anilines is 1. The summed E-state index contributed by atoms with van der Waals surface area (Å²) >= 11 is 0. The zero-order valence-electron chi connectivity index (χ0n) is 11.5. The number of rotatable bonds is 2. The minimum absolute atomic E-state index is 0.0996. The first-order valence-corrected chi connectivity index (χ1v) is 7.24. The summed E-state index contributed by atoms with van der Waals surface area (Å²) in [5.74, 6) is -0.219. The second-order valence-electron chi connectivity index (χ2n) is 5.72. The van der Waals surface area contributed by atoms with Crippen molar-refractivity contribution in [1.29, 1.82) is 0 Å². The number of nitrogens with zero attached hydrogens (tertiary/aromatic N) is 2. The van der Waals surface area contributed by atoms with E-state index in [1.54, 1.807) is 6.07 Å². The summed E-state index contributed by atoms with van der Waals surface area (Å²) in [5.41, 5.74) is 0.0996. The van der Waals surface area contributed by atoms with Crippen molar-refractivity contribution in [2.45, 2.75) is 25.0 Å². The molecule has 2 aliphatic heterocycles. The SMILES string of the molecule is O=C(O)c1cc2ccccc2c(N2CC3CCC(C2)O3)n1. The lowest BCUT2D eigenvalue weighted by Gasteiger charge is -2.33. The molecule has 108 valence electrons. The van der Waals surface area contributed by atoms with Gasteiger partial charge in [0.1, 0.15) is 5.82 Å². The molecule has 2 atom stereocenters. The molecule has 2 saturated heterocycles. The molecule has 5 heteroatoms. The fourth-order valence-electron chi connectivity index (χ4n) is 3.32. The summed E-state index contributed by atoms with van der Waals surface area (Å²) in [4.78, 5) is 17.9. The monoisotopic (exact) mass is 284 g/mol. The molecule has 0 radical (unpaired) electrons. The number of carboxylic acid groups (broad SMARTS) is 1. The van der Waals surface area contributed by atoms with Crippen molar-refractivity contribution < 1.29 is 14.6 Å². The van der Waals surface area contributed by atoms with Crippen LogP contribution >= 0.6 is 0 Å². The maximum absolute atomic E-state index is 11.3. The lowest BCUT2D eigenvalue weighted by atomic mass is 10.1. The number of carboxylic acids is 1. The molecule has 2 bridgehead atoms. The van der Waals surface area contributed by atoms with Crippen LogP contribution in [0.15, 0.2) is 30.3 Å². The number of benzene rings is 1. The number of aromatic nitrogens is 1. The Hall–Kier alpha value is -2.14. The van der Waals surface area contributed by atoms with Gasteiger partial charge in [0.05, 0.1) is 12.2 Å². The van der Waals surface area contributed by atoms with Crippen molar-refractivity contribution in [3.8, 4) is 0 Å². The van der Waals surface area contributed by atoms with Gasteiger partial charge in [-0.15, -0.1) is 0 Å². The summed E-state index contributed by atoms with van der Waals surface area (Å²) < 4.78 is 5.85. The molecule has 2 aromatic rings. The highest BCUT2D eigenvalue weighted by Gasteiger charge is 2.34. The third-order valence-corrected chi connectivity index (χ3v) is 4.28. The van der Waals surface area contributed by atoms with E-state index in [-0.39, 0.29) is 17.9 Å². The van der Waals surface area contributed by atoms with Crippen LogP contribution in [0.1, 0.15) is 23.3 Å². The summed E-state index contributed by atoms with van der Waals surface area (Å²) in [7, 11) is 0. The van der Waals surface area contributed by atoms with E-state index in [2.05, 4.69) is 9.88 Å². The highest BCUT2D eigenvalue weighted by atomic mass is 16.5. The van der Waals surface area contributed by atoms with Crippen molar-refractivity contribution in [1.82, 2.24) is 4.98 Å². The molecule has 5 nitrogen and oxygen atoms in total. The molecule has 2 fully saturated rings. The molecule has 2 aliphatic rings. The fraction of sp³-hybridized carbons (Fsp3) is 0.375. The molecule has 21 heavy (non-hydrogen) atoms. The van der Waals surface area contributed by atoms with Gasteiger partial charge in [0, 0.05) is 18.5 Å². The van der Waals surface area contributed by atoms with Gasteiger partial charge in [0.2, 0.25) is 0 Å². The van der Waals surface area contributed by atoms with Crippen LogP contribution in [-0.4, -0.2) is 41.4 Å². The van der Waals surface area contributed by atoms with Crippen LogP contribution in [0.4, 0.5) is 5.82 Å². The maximum atomic E-state index is 11.3. The van der Waals surface area contributed by atoms with Crippen molar-refractivity contribution in [2.24, 2.45) is 0 Å². The third-order valence-electron chi connectivity index (χ3n) is 4.28. The van der Waals surface area contributed by atoms with E-state index in [1.807, 2.05) is 24.3 Å². The maximum Gasteiger partial charge on any atom is 0.354 e. The first-order chi connectivity index (χ1) is 10.2. The van der Waals surface area contributed by atoms with Crippen LogP contribution < -0.4 is 4.90 Å². The summed E-state index contributed by atoms with van der Waals surface area (Å²) in [5, 5.41) is 11.2. The second kappa shape index (κ2) is 4.70. The van der Waals surface area contributed by atoms with Crippen molar-refractivity contribution in [3.63, 3.8) is 0 Å². The Morgan fingerprint density at radius 2 is 1.95 bits per heavy atom. The number of aromatic carboxylic acids is 1. The van der Waals surface area contributed by atoms with E-state index >= 15 is 0 Å². The van der Waals surface area contributed by atoms with E-state index in [4.69, 9.17) is 4.74 Å². The molecule has 1 N–H and O–H groups in total. The molecule has 0 saturated carbocycles. The smallest absolute Gasteiger partial charge is 0.354 e. The lowest BCUT2D eigenvalue weighted by molar-refractivity contribution is 0.0303. The number of pyridine rings is 1. The quantitative estimate of drug-likeness (QED) is 0.916. The van der Waals surface area contributed by atoms with Crippen LogP contribution in [0.25, 0.3) is 10.8 Å². The van der Waals surface area contributed by atoms with Crippen LogP contribution in [-0.2, 0) is 4.74 Å². The van der Waals surface area contributed by atoms with Gasteiger partial charge in [0.25, 0.3) is 0 Å². The van der Waals surface area contributed by atoms with Gasteiger partial charge in [-0.25, -0.2) is 9.78 Å². The first kappa shape index (κ1) is 12.6. The molecule has 0 amide bonds. The van der Waals surface area contributed by atoms with Gasteiger partial charge in [0.15, 0.2) is 5.69 Å². The molecule has 1 aromatic heterocycles. The summed E-state index contributed by atoms with van der Waals surface area (Å²) in [6.07, 6.45) is 2.66. The molecule has 4 rings (SSSR count). The van der Waals surface area contributed by atoms with E-state index in [0.717, 1.165) is 42.5 Å². The lowest BCUT2D eigenvalue weighted by Crippen LogP contribution is -2.43. The average molecular weight is 284 g/mol. The number of carbonyl (C=O) groups is 1. The van der Waals surface area contributed by atoms with Crippen molar-refractivity contribution in [2.75, 3.05) is 18.0 Å². The van der Waals surface area contributed by atoms with Gasteiger partial charge in [-0.05, 0) is 24.3 Å². The zero-order chi connectivity index (χ0) is 14.4. The standard InChI is InChI=1S/C16H16N2O3/c19-16(20)14-7-10-3-1-2-4-13(10)15(17-14)18-8-11-5-6-12(9-18)21-11/h1-4,7,11-12H,5-6,8-9H2,(H,19,20). The molecular formula is C16H16N2O3. The average Bonchev–Trinajstić information content (AvgIpc) is 2.84. The highest BCUT2D eigenvalue weighted by molar-refractivity contribution is 5.98. The van der Waals surface area contributed by atoms with E-state index in [9.17, 15) is 9.90 Å². The molecule has 3 heterocycles. The number of ether oxygens (including phenoxy) is 1. The van der Waals surface area contributed by atoms with Crippen molar-refractivity contribution in [3.05, 3.63) is 36.0 Å². The van der Waals surface area contributed by atoms with Crippen molar-refractivity contribution >= 4 is 22.6 Å². The molecular weight excluding hydrogens is 268 g/mol. The molecule has 0 aliphatic carbocycles. The number of morpholine rings is 1. The van der Waals surface area contributed by atoms with Crippen LogP contribution in [0.3, 0.4) is 0 Å². The summed E-state index contributed by atoms with van der Waals surface area (Å²) in [6, 6.07) is 9.45. The minimum atomic E-state index is -0.988.